The van der Waals surface area contributed by atoms with Gasteiger partial charge in [0.05, 0.1) is 29.0 Å². The number of likely N-dealkylation sites (tertiary alicyclic amines) is 1. The first-order valence-electron chi connectivity index (χ1n) is 8.79. The van der Waals surface area contributed by atoms with Crippen LogP contribution in [0.5, 0.6) is 0 Å². The largest absolute Gasteiger partial charge is 0.348 e. The van der Waals surface area contributed by atoms with Crippen molar-refractivity contribution in [1.29, 1.82) is 0 Å². The Labute approximate surface area is 156 Å². The Balaban J connectivity index is 1.52. The summed E-state index contributed by atoms with van der Waals surface area (Å²) in [4.78, 5) is 39.3. The molecule has 1 fully saturated rings. The van der Waals surface area contributed by atoms with Gasteiger partial charge in [-0.25, -0.2) is 9.97 Å². The molecule has 3 rings (SSSR count). The van der Waals surface area contributed by atoms with Gasteiger partial charge in [-0.2, -0.15) is 0 Å². The molecule has 0 bridgehead atoms. The third-order valence-electron chi connectivity index (χ3n) is 4.43. The summed E-state index contributed by atoms with van der Waals surface area (Å²) in [5, 5.41) is 5.94. The lowest BCUT2D eigenvalue weighted by Crippen LogP contribution is -2.37. The van der Waals surface area contributed by atoms with Crippen LogP contribution in [0.15, 0.2) is 17.8 Å². The van der Waals surface area contributed by atoms with Crippen molar-refractivity contribution in [2.45, 2.75) is 45.6 Å². The SMILES string of the molecule is Cc1cnc(C(=O)NC2CCCN(C(=O)Cc3csc(C)n3)CC2)cn1. The molecular weight excluding hydrogens is 350 g/mol. The van der Waals surface area contributed by atoms with Crippen molar-refractivity contribution in [2.24, 2.45) is 0 Å². The molecule has 3 heterocycles. The van der Waals surface area contributed by atoms with E-state index in [0.717, 1.165) is 42.2 Å². The highest BCUT2D eigenvalue weighted by atomic mass is 32.1. The number of hydrogen-bond donors (Lipinski definition) is 1. The number of carbonyl (C=O) groups excluding carboxylic acids is 2. The molecule has 1 N–H and O–H groups in total. The Hall–Kier alpha value is -2.35. The van der Waals surface area contributed by atoms with Gasteiger partial charge in [0.1, 0.15) is 5.69 Å². The van der Waals surface area contributed by atoms with Crippen LogP contribution < -0.4 is 5.32 Å². The highest BCUT2D eigenvalue weighted by Gasteiger charge is 2.23. The van der Waals surface area contributed by atoms with Crippen molar-refractivity contribution in [2.75, 3.05) is 13.1 Å². The molecule has 1 unspecified atom stereocenters. The molecule has 2 aromatic heterocycles. The van der Waals surface area contributed by atoms with Gasteiger partial charge in [-0.1, -0.05) is 0 Å². The van der Waals surface area contributed by atoms with Gasteiger partial charge in [0.25, 0.3) is 5.91 Å². The van der Waals surface area contributed by atoms with Gasteiger partial charge in [-0.05, 0) is 33.1 Å². The number of aromatic nitrogens is 3. The van der Waals surface area contributed by atoms with E-state index in [1.54, 1.807) is 17.5 Å². The molecule has 1 aliphatic rings. The first kappa shape index (κ1) is 18.4. The lowest BCUT2D eigenvalue weighted by Gasteiger charge is -2.20. The van der Waals surface area contributed by atoms with Crippen molar-refractivity contribution in [1.82, 2.24) is 25.2 Å². The second-order valence-corrected chi connectivity index (χ2v) is 7.62. The molecule has 8 heteroatoms. The maximum Gasteiger partial charge on any atom is 0.271 e. The Morgan fingerprint density at radius 2 is 2.08 bits per heavy atom. The average Bonchev–Trinajstić information content (AvgIpc) is 2.88. The highest BCUT2D eigenvalue weighted by molar-refractivity contribution is 7.09. The number of thiazole rings is 1. The molecule has 0 radical (unpaired) electrons. The lowest BCUT2D eigenvalue weighted by atomic mass is 10.1. The predicted molar refractivity (Wildman–Crippen MR) is 99.0 cm³/mol. The van der Waals surface area contributed by atoms with Crippen molar-refractivity contribution in [3.8, 4) is 0 Å². The maximum atomic E-state index is 12.5. The smallest absolute Gasteiger partial charge is 0.271 e. The zero-order valence-electron chi connectivity index (χ0n) is 15.1. The molecule has 0 aromatic carbocycles. The van der Waals surface area contributed by atoms with E-state index in [9.17, 15) is 9.59 Å². The second kappa shape index (κ2) is 8.35. The first-order valence-corrected chi connectivity index (χ1v) is 9.67. The van der Waals surface area contributed by atoms with E-state index >= 15 is 0 Å². The normalized spacial score (nSPS) is 17.6. The van der Waals surface area contributed by atoms with Gasteiger partial charge < -0.3 is 10.2 Å². The fourth-order valence-corrected chi connectivity index (χ4v) is 3.63. The average molecular weight is 373 g/mol. The minimum Gasteiger partial charge on any atom is -0.348 e. The van der Waals surface area contributed by atoms with Crippen LogP contribution in [0.25, 0.3) is 0 Å². The summed E-state index contributed by atoms with van der Waals surface area (Å²) in [5.41, 5.74) is 1.94. The molecule has 26 heavy (non-hydrogen) atoms. The highest BCUT2D eigenvalue weighted by Crippen LogP contribution is 2.14. The summed E-state index contributed by atoms with van der Waals surface area (Å²) in [6, 6.07) is 0.0462. The van der Waals surface area contributed by atoms with Gasteiger partial charge in [0, 0.05) is 30.7 Å². The standard InChI is InChI=1S/C18H23N5O2S/c1-12-9-20-16(10-19-12)18(25)22-14-4-3-6-23(7-5-14)17(24)8-15-11-26-13(2)21-15/h9-11,14H,3-8H2,1-2H3,(H,22,25). The van der Waals surface area contributed by atoms with Gasteiger partial charge in [-0.3, -0.25) is 14.6 Å². The third-order valence-corrected chi connectivity index (χ3v) is 5.25. The number of hydrogen-bond acceptors (Lipinski definition) is 6. The Bertz CT molecular complexity index is 774. The van der Waals surface area contributed by atoms with Gasteiger partial charge in [-0.15, -0.1) is 11.3 Å². The van der Waals surface area contributed by atoms with Crippen LogP contribution in [0.4, 0.5) is 0 Å². The van der Waals surface area contributed by atoms with Crippen LogP contribution in [0, 0.1) is 13.8 Å². The summed E-state index contributed by atoms with van der Waals surface area (Å²) in [6.07, 6.45) is 5.89. The molecule has 0 spiro atoms. The van der Waals surface area contributed by atoms with Gasteiger partial charge in [0.2, 0.25) is 5.91 Å². The zero-order valence-corrected chi connectivity index (χ0v) is 15.9. The van der Waals surface area contributed by atoms with E-state index in [4.69, 9.17) is 0 Å². The van der Waals surface area contributed by atoms with Gasteiger partial charge >= 0.3 is 0 Å². The second-order valence-electron chi connectivity index (χ2n) is 6.56. The summed E-state index contributed by atoms with van der Waals surface area (Å²) in [5.74, 6) is -0.105. The van der Waals surface area contributed by atoms with Crippen LogP contribution in [-0.2, 0) is 11.2 Å². The van der Waals surface area contributed by atoms with E-state index < -0.39 is 0 Å². The maximum absolute atomic E-state index is 12.5. The number of nitrogens with one attached hydrogen (secondary N) is 1. The molecule has 7 nitrogen and oxygen atoms in total. The topological polar surface area (TPSA) is 88.1 Å². The van der Waals surface area contributed by atoms with Crippen LogP contribution >= 0.6 is 11.3 Å². The first-order chi connectivity index (χ1) is 12.5. The molecule has 1 atom stereocenters. The summed E-state index contributed by atoms with van der Waals surface area (Å²) in [7, 11) is 0. The zero-order chi connectivity index (χ0) is 18.5. The molecular formula is C18H23N5O2S. The number of nitrogens with zero attached hydrogens (tertiary/aromatic N) is 4. The van der Waals surface area contributed by atoms with Crippen LogP contribution in [0.2, 0.25) is 0 Å². The van der Waals surface area contributed by atoms with Gasteiger partial charge in [0.15, 0.2) is 0 Å². The summed E-state index contributed by atoms with van der Waals surface area (Å²) >= 11 is 1.56. The van der Waals surface area contributed by atoms with Crippen LogP contribution in [0.3, 0.4) is 0 Å². The fourth-order valence-electron chi connectivity index (χ4n) is 3.02. The van der Waals surface area contributed by atoms with E-state index in [1.807, 2.05) is 24.1 Å². The molecule has 1 saturated heterocycles. The van der Waals surface area contributed by atoms with E-state index in [2.05, 4.69) is 20.3 Å². The molecule has 2 amide bonds. The molecule has 0 saturated carbocycles. The Morgan fingerprint density at radius 3 is 2.77 bits per heavy atom. The monoisotopic (exact) mass is 373 g/mol. The molecule has 0 aliphatic carbocycles. The van der Waals surface area contributed by atoms with Crippen molar-refractivity contribution in [3.05, 3.63) is 39.9 Å². The number of rotatable bonds is 4. The van der Waals surface area contributed by atoms with E-state index in [-0.39, 0.29) is 17.9 Å². The van der Waals surface area contributed by atoms with Crippen LogP contribution in [-0.4, -0.2) is 50.8 Å². The number of aryl methyl sites for hydroxylation is 2. The summed E-state index contributed by atoms with van der Waals surface area (Å²) < 4.78 is 0. The number of amides is 2. The fraction of sp³-hybridized carbons (Fsp3) is 0.500. The molecule has 138 valence electrons. The molecule has 2 aromatic rings. The lowest BCUT2D eigenvalue weighted by molar-refractivity contribution is -0.130. The van der Waals surface area contributed by atoms with Crippen molar-refractivity contribution >= 4 is 23.2 Å². The Morgan fingerprint density at radius 1 is 1.23 bits per heavy atom. The summed E-state index contributed by atoms with van der Waals surface area (Å²) in [6.45, 7) is 5.14. The van der Waals surface area contributed by atoms with E-state index in [1.165, 1.54) is 6.20 Å². The van der Waals surface area contributed by atoms with Crippen molar-refractivity contribution in [3.63, 3.8) is 0 Å². The Kier molecular flexibility index (Phi) is 5.92. The predicted octanol–water partition coefficient (Wildman–Crippen LogP) is 1.90. The quantitative estimate of drug-likeness (QED) is 0.884. The minimum atomic E-state index is -0.208. The van der Waals surface area contributed by atoms with Crippen molar-refractivity contribution < 1.29 is 9.59 Å². The van der Waals surface area contributed by atoms with Crippen LogP contribution in [0.1, 0.15) is 46.1 Å². The minimum absolute atomic E-state index is 0.0462. The number of carbonyl (C=O) groups is 2. The molecule has 1 aliphatic heterocycles. The van der Waals surface area contributed by atoms with E-state index in [0.29, 0.717) is 18.7 Å². The third kappa shape index (κ3) is 4.85.